The predicted octanol–water partition coefficient (Wildman–Crippen LogP) is 5.52. The zero-order valence-electron chi connectivity index (χ0n) is 16.5. The average Bonchev–Trinajstić information content (AvgIpc) is 3.14. The minimum atomic E-state index is -0.539. The molecule has 156 valence electrons. The highest BCUT2D eigenvalue weighted by molar-refractivity contribution is 9.10. The summed E-state index contributed by atoms with van der Waals surface area (Å²) < 4.78 is 31.2. The number of benzene rings is 3. The third-order valence-electron chi connectivity index (χ3n) is 4.54. The quantitative estimate of drug-likeness (QED) is 0.343. The fourth-order valence-electron chi connectivity index (χ4n) is 2.95. The summed E-state index contributed by atoms with van der Waals surface area (Å²) in [5.74, 6) is 0.272. The third kappa shape index (κ3) is 4.83. The van der Waals surface area contributed by atoms with E-state index in [0.29, 0.717) is 28.2 Å². The average molecular weight is 482 g/mol. The van der Waals surface area contributed by atoms with Crippen molar-refractivity contribution in [3.63, 3.8) is 0 Å². The number of methoxy groups -OCH3 is 1. The van der Waals surface area contributed by atoms with Gasteiger partial charge in [-0.3, -0.25) is 0 Å². The van der Waals surface area contributed by atoms with Crippen LogP contribution in [0.1, 0.15) is 16.7 Å². The van der Waals surface area contributed by atoms with E-state index in [1.54, 1.807) is 54.6 Å². The molecule has 0 aliphatic carbocycles. The van der Waals surface area contributed by atoms with Crippen molar-refractivity contribution >= 4 is 33.9 Å². The van der Waals surface area contributed by atoms with Gasteiger partial charge in [-0.25, -0.2) is 14.2 Å². The molecule has 3 aromatic rings. The van der Waals surface area contributed by atoms with E-state index in [9.17, 15) is 9.18 Å². The molecule has 3 aromatic carbocycles. The number of ether oxygens (including phenoxy) is 3. The van der Waals surface area contributed by atoms with Crippen molar-refractivity contribution in [1.29, 1.82) is 0 Å². The second kappa shape index (κ2) is 9.14. The molecule has 31 heavy (non-hydrogen) atoms. The molecule has 4 rings (SSSR count). The maximum Gasteiger partial charge on any atom is 0.363 e. The molecule has 0 unspecified atom stereocenters. The summed E-state index contributed by atoms with van der Waals surface area (Å²) in [5, 5.41) is 0. The van der Waals surface area contributed by atoms with E-state index in [4.69, 9.17) is 14.2 Å². The highest BCUT2D eigenvalue weighted by atomic mass is 79.9. The monoisotopic (exact) mass is 481 g/mol. The van der Waals surface area contributed by atoms with E-state index < -0.39 is 5.97 Å². The van der Waals surface area contributed by atoms with Gasteiger partial charge in [0.15, 0.2) is 17.2 Å². The first kappa shape index (κ1) is 20.8. The molecule has 0 spiro atoms. The highest BCUT2D eigenvalue weighted by Crippen LogP contribution is 2.31. The maximum atomic E-state index is 13.9. The van der Waals surface area contributed by atoms with Crippen LogP contribution in [0.15, 0.2) is 81.9 Å². The van der Waals surface area contributed by atoms with Gasteiger partial charge < -0.3 is 14.2 Å². The van der Waals surface area contributed by atoms with Crippen molar-refractivity contribution in [3.8, 4) is 11.5 Å². The SMILES string of the molecule is COc1ccc(/C=C2\N=C(c3ccc(Br)cc3)OC2=O)cc1OCc1ccccc1F. The number of aliphatic imine (C=N–C) groups is 1. The van der Waals surface area contributed by atoms with Gasteiger partial charge in [0.25, 0.3) is 0 Å². The van der Waals surface area contributed by atoms with E-state index in [-0.39, 0.29) is 24.0 Å². The molecule has 0 aromatic heterocycles. The van der Waals surface area contributed by atoms with Crippen LogP contribution in [0.25, 0.3) is 6.08 Å². The lowest BCUT2D eigenvalue weighted by molar-refractivity contribution is -0.129. The topological polar surface area (TPSA) is 57.1 Å². The second-order valence-corrected chi connectivity index (χ2v) is 7.55. The maximum absolute atomic E-state index is 13.9. The van der Waals surface area contributed by atoms with Gasteiger partial charge in [-0.05, 0) is 54.1 Å². The van der Waals surface area contributed by atoms with Crippen LogP contribution >= 0.6 is 15.9 Å². The van der Waals surface area contributed by atoms with Crippen LogP contribution in [0, 0.1) is 5.82 Å². The molecule has 0 amide bonds. The lowest BCUT2D eigenvalue weighted by Gasteiger charge is -2.12. The van der Waals surface area contributed by atoms with Crippen molar-refractivity contribution in [2.24, 2.45) is 4.99 Å². The van der Waals surface area contributed by atoms with Crippen LogP contribution in [-0.2, 0) is 16.1 Å². The standard InChI is InChI=1S/C24H17BrFNO4/c1-29-21-11-6-15(13-22(21)30-14-17-4-2-3-5-19(17)26)12-20-24(28)31-23(27-20)16-7-9-18(25)10-8-16/h2-13H,14H2,1H3/b20-12-. The van der Waals surface area contributed by atoms with Gasteiger partial charge in [-0.2, -0.15) is 0 Å². The van der Waals surface area contributed by atoms with Crippen molar-refractivity contribution < 1.29 is 23.4 Å². The Hall–Kier alpha value is -3.45. The number of carbonyl (C=O) groups is 1. The first-order valence-electron chi connectivity index (χ1n) is 9.36. The van der Waals surface area contributed by atoms with Gasteiger partial charge in [0.05, 0.1) is 7.11 Å². The Morgan fingerprint density at radius 1 is 1.06 bits per heavy atom. The van der Waals surface area contributed by atoms with E-state index >= 15 is 0 Å². The molecule has 1 aliphatic rings. The fourth-order valence-corrected chi connectivity index (χ4v) is 3.21. The number of cyclic esters (lactones) is 1. The summed E-state index contributed by atoms with van der Waals surface area (Å²) in [6, 6.07) is 18.9. The van der Waals surface area contributed by atoms with E-state index in [0.717, 1.165) is 4.47 Å². The van der Waals surface area contributed by atoms with Gasteiger partial charge in [-0.1, -0.05) is 40.2 Å². The highest BCUT2D eigenvalue weighted by Gasteiger charge is 2.24. The minimum absolute atomic E-state index is 0.0387. The normalized spacial score (nSPS) is 14.4. The molecule has 1 heterocycles. The second-order valence-electron chi connectivity index (χ2n) is 6.63. The summed E-state index contributed by atoms with van der Waals surface area (Å²) in [7, 11) is 1.52. The van der Waals surface area contributed by atoms with Crippen LogP contribution in [0.4, 0.5) is 4.39 Å². The molecule has 0 bridgehead atoms. The van der Waals surface area contributed by atoms with Crippen LogP contribution in [0.2, 0.25) is 0 Å². The van der Waals surface area contributed by atoms with Gasteiger partial charge in [0.1, 0.15) is 12.4 Å². The van der Waals surface area contributed by atoms with E-state index in [2.05, 4.69) is 20.9 Å². The molecular weight excluding hydrogens is 465 g/mol. The summed E-state index contributed by atoms with van der Waals surface area (Å²) in [5.41, 5.74) is 1.96. The first-order chi connectivity index (χ1) is 15.0. The molecule has 0 saturated carbocycles. The Morgan fingerprint density at radius 3 is 2.58 bits per heavy atom. The van der Waals surface area contributed by atoms with Gasteiger partial charge >= 0.3 is 5.97 Å². The van der Waals surface area contributed by atoms with Gasteiger partial charge in [-0.15, -0.1) is 0 Å². The smallest absolute Gasteiger partial charge is 0.363 e. The van der Waals surface area contributed by atoms with Crippen molar-refractivity contribution in [2.45, 2.75) is 6.61 Å². The molecule has 1 aliphatic heterocycles. The number of carbonyl (C=O) groups excluding carboxylic acids is 1. The fraction of sp³-hybridized carbons (Fsp3) is 0.0833. The predicted molar refractivity (Wildman–Crippen MR) is 118 cm³/mol. The Balaban J connectivity index is 1.58. The number of hydrogen-bond donors (Lipinski definition) is 0. The lowest BCUT2D eigenvalue weighted by Crippen LogP contribution is -2.05. The summed E-state index contributed by atoms with van der Waals surface area (Å²) in [6.07, 6.45) is 1.60. The summed E-state index contributed by atoms with van der Waals surface area (Å²) in [6.45, 7) is 0.0387. The minimum Gasteiger partial charge on any atom is -0.493 e. The van der Waals surface area contributed by atoms with E-state index in [1.807, 2.05) is 12.1 Å². The molecule has 5 nitrogen and oxygen atoms in total. The number of halogens is 2. The van der Waals surface area contributed by atoms with Crippen LogP contribution in [-0.4, -0.2) is 19.0 Å². The number of esters is 1. The van der Waals surface area contributed by atoms with Gasteiger partial charge in [0.2, 0.25) is 5.90 Å². The Bertz CT molecular complexity index is 1190. The Morgan fingerprint density at radius 2 is 1.84 bits per heavy atom. The Kier molecular flexibility index (Phi) is 6.13. The number of rotatable bonds is 6. The third-order valence-corrected chi connectivity index (χ3v) is 5.07. The zero-order chi connectivity index (χ0) is 21.8. The number of hydrogen-bond acceptors (Lipinski definition) is 5. The largest absolute Gasteiger partial charge is 0.493 e. The lowest BCUT2D eigenvalue weighted by atomic mass is 10.1. The molecule has 0 radical (unpaired) electrons. The van der Waals surface area contributed by atoms with Crippen LogP contribution in [0.5, 0.6) is 11.5 Å². The van der Waals surface area contributed by atoms with Crippen molar-refractivity contribution in [2.75, 3.05) is 7.11 Å². The summed E-state index contributed by atoms with van der Waals surface area (Å²) in [4.78, 5) is 16.6. The van der Waals surface area contributed by atoms with E-state index in [1.165, 1.54) is 13.2 Å². The first-order valence-corrected chi connectivity index (χ1v) is 10.2. The summed E-state index contributed by atoms with van der Waals surface area (Å²) >= 11 is 3.37. The molecular formula is C24H17BrFNO4. The van der Waals surface area contributed by atoms with Crippen molar-refractivity contribution in [3.05, 3.63) is 99.4 Å². The molecule has 0 saturated heterocycles. The Labute approximate surface area is 186 Å². The number of nitrogens with zero attached hydrogens (tertiary/aromatic N) is 1. The van der Waals surface area contributed by atoms with Crippen molar-refractivity contribution in [1.82, 2.24) is 0 Å². The molecule has 0 fully saturated rings. The molecule has 0 atom stereocenters. The zero-order valence-corrected chi connectivity index (χ0v) is 18.1. The van der Waals surface area contributed by atoms with Crippen LogP contribution in [0.3, 0.4) is 0 Å². The van der Waals surface area contributed by atoms with Crippen LogP contribution < -0.4 is 9.47 Å². The molecule has 7 heteroatoms. The molecule has 0 N–H and O–H groups in total. The van der Waals surface area contributed by atoms with Gasteiger partial charge in [0, 0.05) is 15.6 Å².